The second kappa shape index (κ2) is 7.12. The molecule has 1 rings (SSSR count). The number of hydrogen-bond acceptors (Lipinski definition) is 2. The molecular formula is C13H23F3N2O. The Morgan fingerprint density at radius 1 is 1.21 bits per heavy atom. The van der Waals surface area contributed by atoms with Crippen molar-refractivity contribution >= 4 is 5.91 Å². The van der Waals surface area contributed by atoms with Gasteiger partial charge in [0.05, 0.1) is 12.2 Å². The van der Waals surface area contributed by atoms with E-state index in [0.29, 0.717) is 0 Å². The first-order valence-corrected chi connectivity index (χ1v) is 7.02. The highest BCUT2D eigenvalue weighted by atomic mass is 19.4. The zero-order valence-corrected chi connectivity index (χ0v) is 11.6. The van der Waals surface area contributed by atoms with Gasteiger partial charge in [-0.2, -0.15) is 13.2 Å². The van der Waals surface area contributed by atoms with Gasteiger partial charge in [0.2, 0.25) is 5.91 Å². The van der Waals surface area contributed by atoms with E-state index >= 15 is 0 Å². The molecule has 0 saturated carbocycles. The molecule has 2 atom stereocenters. The molecule has 0 aliphatic carbocycles. The highest BCUT2D eigenvalue weighted by molar-refractivity contribution is 5.84. The number of hydrogen-bond donors (Lipinski definition) is 1. The second-order valence-electron chi connectivity index (χ2n) is 5.06. The van der Waals surface area contributed by atoms with Crippen molar-refractivity contribution < 1.29 is 18.0 Å². The summed E-state index contributed by atoms with van der Waals surface area (Å²) in [6.45, 7) is 4.19. The molecule has 3 nitrogen and oxygen atoms in total. The molecule has 1 aliphatic heterocycles. The third kappa shape index (κ3) is 5.01. The van der Waals surface area contributed by atoms with Crippen LogP contribution in [0.3, 0.4) is 0 Å². The van der Waals surface area contributed by atoms with E-state index in [0.717, 1.165) is 25.7 Å². The van der Waals surface area contributed by atoms with Crippen LogP contribution in [-0.4, -0.2) is 35.7 Å². The van der Waals surface area contributed by atoms with Gasteiger partial charge in [0.15, 0.2) is 0 Å². The van der Waals surface area contributed by atoms with Crippen LogP contribution in [-0.2, 0) is 4.79 Å². The molecule has 1 saturated heterocycles. The smallest absolute Gasteiger partial charge is 0.326 e. The van der Waals surface area contributed by atoms with Gasteiger partial charge < -0.3 is 4.90 Å². The Balaban J connectivity index is 2.53. The monoisotopic (exact) mass is 280 g/mol. The second-order valence-corrected chi connectivity index (χ2v) is 5.06. The fourth-order valence-corrected chi connectivity index (χ4v) is 2.47. The zero-order valence-electron chi connectivity index (χ0n) is 11.6. The van der Waals surface area contributed by atoms with Crippen LogP contribution in [0.2, 0.25) is 0 Å². The third-order valence-electron chi connectivity index (χ3n) is 3.35. The minimum atomic E-state index is -4.14. The fourth-order valence-electron chi connectivity index (χ4n) is 2.47. The van der Waals surface area contributed by atoms with E-state index in [2.05, 4.69) is 5.32 Å². The Kier molecular flexibility index (Phi) is 6.10. The van der Waals surface area contributed by atoms with Gasteiger partial charge in [-0.05, 0) is 19.3 Å². The van der Waals surface area contributed by atoms with Crippen LogP contribution in [0.15, 0.2) is 0 Å². The number of halogens is 3. The maximum absolute atomic E-state index is 12.2. The summed E-state index contributed by atoms with van der Waals surface area (Å²) in [7, 11) is 0. The highest BCUT2D eigenvalue weighted by Crippen LogP contribution is 2.24. The maximum Gasteiger partial charge on any atom is 0.389 e. The lowest BCUT2D eigenvalue weighted by Crippen LogP contribution is -2.38. The fraction of sp³-hybridized carbons (Fsp3) is 0.923. The Morgan fingerprint density at radius 2 is 1.84 bits per heavy atom. The molecule has 19 heavy (non-hydrogen) atoms. The Bertz CT molecular complexity index is 294. The van der Waals surface area contributed by atoms with Crippen molar-refractivity contribution in [3.05, 3.63) is 0 Å². The molecule has 0 spiro atoms. The summed E-state index contributed by atoms with van der Waals surface area (Å²) >= 11 is 0. The van der Waals surface area contributed by atoms with Crippen molar-refractivity contribution in [2.45, 2.75) is 70.8 Å². The van der Waals surface area contributed by atoms with Crippen molar-refractivity contribution in [3.8, 4) is 0 Å². The Hall–Kier alpha value is -0.780. The number of amides is 1. The number of nitrogens with one attached hydrogen (secondary N) is 1. The van der Waals surface area contributed by atoms with E-state index < -0.39 is 12.6 Å². The van der Waals surface area contributed by atoms with E-state index in [-0.39, 0.29) is 31.1 Å². The zero-order chi connectivity index (χ0) is 14.5. The summed E-state index contributed by atoms with van der Waals surface area (Å²) in [4.78, 5) is 13.7. The first kappa shape index (κ1) is 16.3. The number of rotatable bonds is 7. The maximum atomic E-state index is 12.2. The minimum Gasteiger partial charge on any atom is -0.326 e. The van der Waals surface area contributed by atoms with Gasteiger partial charge in [-0.15, -0.1) is 0 Å². The summed E-state index contributed by atoms with van der Waals surface area (Å²) < 4.78 is 36.5. The summed E-state index contributed by atoms with van der Waals surface area (Å²) in [6.07, 6.45) is -1.75. The van der Waals surface area contributed by atoms with Crippen molar-refractivity contribution in [1.29, 1.82) is 0 Å². The molecule has 0 radical (unpaired) electrons. The molecule has 2 unspecified atom stereocenters. The lowest BCUT2D eigenvalue weighted by Gasteiger charge is -2.24. The Labute approximate surface area is 112 Å². The molecule has 1 fully saturated rings. The summed E-state index contributed by atoms with van der Waals surface area (Å²) in [5.74, 6) is -0.0394. The van der Waals surface area contributed by atoms with Crippen LogP contribution in [0.25, 0.3) is 0 Å². The van der Waals surface area contributed by atoms with Gasteiger partial charge in [-0.25, -0.2) is 0 Å². The topological polar surface area (TPSA) is 32.3 Å². The van der Waals surface area contributed by atoms with Crippen LogP contribution in [0, 0.1) is 0 Å². The number of alkyl halides is 3. The summed E-state index contributed by atoms with van der Waals surface area (Å²) in [5, 5.41) is 3.24. The van der Waals surface area contributed by atoms with Crippen LogP contribution in [0.5, 0.6) is 0 Å². The van der Waals surface area contributed by atoms with Crippen LogP contribution in [0.4, 0.5) is 13.2 Å². The predicted molar refractivity (Wildman–Crippen MR) is 67.5 cm³/mol. The lowest BCUT2D eigenvalue weighted by molar-refractivity contribution is -0.140. The number of carbonyl (C=O) groups is 1. The van der Waals surface area contributed by atoms with Crippen LogP contribution >= 0.6 is 0 Å². The molecule has 0 aromatic heterocycles. The van der Waals surface area contributed by atoms with Gasteiger partial charge in [0, 0.05) is 13.0 Å². The largest absolute Gasteiger partial charge is 0.389 e. The molecule has 1 aliphatic rings. The predicted octanol–water partition coefficient (Wildman–Crippen LogP) is 3.06. The number of nitrogens with zero attached hydrogens (tertiary/aromatic N) is 1. The Morgan fingerprint density at radius 3 is 2.37 bits per heavy atom. The molecule has 1 heterocycles. The molecule has 6 heteroatoms. The van der Waals surface area contributed by atoms with Crippen LogP contribution < -0.4 is 5.32 Å². The van der Waals surface area contributed by atoms with Crippen molar-refractivity contribution in [2.75, 3.05) is 6.54 Å². The molecule has 112 valence electrons. The van der Waals surface area contributed by atoms with Gasteiger partial charge in [-0.3, -0.25) is 10.1 Å². The summed E-state index contributed by atoms with van der Waals surface area (Å²) in [6, 6.07) is -0.215. The molecular weight excluding hydrogens is 257 g/mol. The highest BCUT2D eigenvalue weighted by Gasteiger charge is 2.37. The average Bonchev–Trinajstić information content (AvgIpc) is 2.57. The molecule has 0 bridgehead atoms. The lowest BCUT2D eigenvalue weighted by atomic mass is 10.1. The molecule has 0 aromatic carbocycles. The first-order chi connectivity index (χ1) is 8.89. The standard InChI is InChI=1S/C13H23F3N2O/c1-3-6-10-12(19)18(11(17-10)7-4-2)9-5-8-13(14,15)16/h10-11,17H,3-9H2,1-2H3. The molecule has 1 amide bonds. The third-order valence-corrected chi connectivity index (χ3v) is 3.35. The average molecular weight is 280 g/mol. The van der Waals surface area contributed by atoms with E-state index in [1.165, 1.54) is 0 Å². The van der Waals surface area contributed by atoms with E-state index in [1.807, 2.05) is 13.8 Å². The minimum absolute atomic E-state index is 0.0179. The first-order valence-electron chi connectivity index (χ1n) is 7.02. The van der Waals surface area contributed by atoms with Crippen molar-refractivity contribution in [2.24, 2.45) is 0 Å². The SMILES string of the molecule is CCCC1NC(CCC)N(CCCC(F)(F)F)C1=O. The normalized spacial score (nSPS) is 24.3. The number of carbonyl (C=O) groups excluding carboxylic acids is 1. The quantitative estimate of drug-likeness (QED) is 0.777. The van der Waals surface area contributed by atoms with Gasteiger partial charge in [-0.1, -0.05) is 26.7 Å². The van der Waals surface area contributed by atoms with Crippen molar-refractivity contribution in [3.63, 3.8) is 0 Å². The summed E-state index contributed by atoms with van der Waals surface area (Å²) in [5.41, 5.74) is 0. The van der Waals surface area contributed by atoms with Gasteiger partial charge in [0.25, 0.3) is 0 Å². The molecule has 0 aromatic rings. The van der Waals surface area contributed by atoms with E-state index in [4.69, 9.17) is 0 Å². The van der Waals surface area contributed by atoms with E-state index in [1.54, 1.807) is 4.90 Å². The van der Waals surface area contributed by atoms with Gasteiger partial charge >= 0.3 is 6.18 Å². The van der Waals surface area contributed by atoms with Crippen molar-refractivity contribution in [1.82, 2.24) is 10.2 Å². The van der Waals surface area contributed by atoms with E-state index in [9.17, 15) is 18.0 Å². The van der Waals surface area contributed by atoms with Crippen LogP contribution in [0.1, 0.15) is 52.4 Å². The van der Waals surface area contributed by atoms with Gasteiger partial charge in [0.1, 0.15) is 0 Å². The molecule has 1 N–H and O–H groups in total.